The number of carboxylic acid groups (broad SMARTS) is 1. The Labute approximate surface area is 206 Å². The number of hydrogen-bond donors (Lipinski definition) is 0. The lowest BCUT2D eigenvalue weighted by molar-refractivity contribution is -0.313. The quantitative estimate of drug-likeness (QED) is 0.476. The van der Waals surface area contributed by atoms with Gasteiger partial charge in [-0.25, -0.2) is 4.79 Å². The Morgan fingerprint density at radius 1 is 1.03 bits per heavy atom. The molecule has 4 rings (SSSR count). The second-order valence-corrected chi connectivity index (χ2v) is 9.15. The average Bonchev–Trinajstić information content (AvgIpc) is 3.39. The molecule has 0 spiro atoms. The van der Waals surface area contributed by atoms with E-state index in [1.807, 2.05) is 67.6 Å². The zero-order valence-corrected chi connectivity index (χ0v) is 20.3. The van der Waals surface area contributed by atoms with Gasteiger partial charge in [0.05, 0.1) is 29.6 Å². The van der Waals surface area contributed by atoms with Crippen molar-refractivity contribution in [3.05, 3.63) is 82.9 Å². The number of hydrogen-bond acceptors (Lipinski definition) is 5. The highest BCUT2D eigenvalue weighted by molar-refractivity contribution is 6.14. The van der Waals surface area contributed by atoms with E-state index in [4.69, 9.17) is 9.73 Å². The number of carboxylic acids is 1. The molecule has 1 aliphatic carbocycles. The van der Waals surface area contributed by atoms with E-state index in [-0.39, 0.29) is 30.1 Å². The molecule has 1 heterocycles. The van der Waals surface area contributed by atoms with Gasteiger partial charge in [-0.15, -0.1) is 0 Å². The average molecular weight is 469 g/mol. The third-order valence-electron chi connectivity index (χ3n) is 6.89. The standard InChI is InChI=1S/C30H31NO4/c1-3-35-28(32)26-21(2)31-27(24-16-10-11-17-24)30(29(33)34,20-23-14-8-5-9-15-23)25(26)19-18-22-12-6-4-7-13-22/h4-9,12-15,21,24H,3,10-11,16-17,20H2,1-2H3,(H,33,34)/p-1. The molecule has 0 saturated heterocycles. The first-order valence-corrected chi connectivity index (χ1v) is 12.3. The monoisotopic (exact) mass is 468 g/mol. The molecular formula is C30H30NO4-. The molecule has 2 aromatic rings. The normalized spacial score (nSPS) is 22.2. The van der Waals surface area contributed by atoms with Gasteiger partial charge in [0, 0.05) is 16.8 Å². The molecule has 180 valence electrons. The molecule has 0 radical (unpaired) electrons. The zero-order chi connectivity index (χ0) is 24.8. The molecule has 2 unspecified atom stereocenters. The van der Waals surface area contributed by atoms with Gasteiger partial charge >= 0.3 is 5.97 Å². The molecule has 35 heavy (non-hydrogen) atoms. The lowest BCUT2D eigenvalue weighted by Gasteiger charge is -2.43. The molecule has 1 saturated carbocycles. The van der Waals surface area contributed by atoms with Crippen molar-refractivity contribution >= 4 is 17.7 Å². The van der Waals surface area contributed by atoms with Crippen LogP contribution < -0.4 is 5.11 Å². The number of benzene rings is 2. The van der Waals surface area contributed by atoms with Gasteiger partial charge in [-0.05, 0) is 56.7 Å². The van der Waals surface area contributed by atoms with Crippen LogP contribution in [0.25, 0.3) is 0 Å². The number of aliphatic imine (C=N–C) groups is 1. The SMILES string of the molecule is CCOC(=O)C1=C(C#Cc2ccccc2)C(Cc2ccccc2)(C(=O)[O-])C(C2CCCC2)=NC1C. The molecule has 0 bridgehead atoms. The summed E-state index contributed by atoms with van der Waals surface area (Å²) in [4.78, 5) is 31.3. The molecule has 0 amide bonds. The summed E-state index contributed by atoms with van der Waals surface area (Å²) in [5.74, 6) is 4.39. The van der Waals surface area contributed by atoms with Crippen LogP contribution >= 0.6 is 0 Å². The summed E-state index contributed by atoms with van der Waals surface area (Å²) in [6.07, 6.45) is 3.88. The van der Waals surface area contributed by atoms with Crippen LogP contribution in [-0.2, 0) is 20.7 Å². The predicted molar refractivity (Wildman–Crippen MR) is 133 cm³/mol. The van der Waals surface area contributed by atoms with E-state index < -0.39 is 23.4 Å². The zero-order valence-electron chi connectivity index (χ0n) is 20.3. The fourth-order valence-electron chi connectivity index (χ4n) is 5.27. The highest BCUT2D eigenvalue weighted by Crippen LogP contribution is 2.45. The number of dihydropyridines is 1. The third-order valence-corrected chi connectivity index (χ3v) is 6.89. The van der Waals surface area contributed by atoms with Crippen molar-refractivity contribution < 1.29 is 19.4 Å². The Hall–Kier alpha value is -3.65. The van der Waals surface area contributed by atoms with Crippen molar-refractivity contribution in [2.24, 2.45) is 16.3 Å². The molecule has 1 aliphatic heterocycles. The van der Waals surface area contributed by atoms with E-state index in [2.05, 4.69) is 11.8 Å². The molecule has 5 nitrogen and oxygen atoms in total. The van der Waals surface area contributed by atoms with Gasteiger partial charge in [0.2, 0.25) is 0 Å². The first-order chi connectivity index (χ1) is 17.0. The molecule has 1 fully saturated rings. The summed E-state index contributed by atoms with van der Waals surface area (Å²) in [6.45, 7) is 3.71. The number of aliphatic carboxylic acids is 1. The lowest BCUT2D eigenvalue weighted by Crippen LogP contribution is -2.55. The summed E-state index contributed by atoms with van der Waals surface area (Å²) in [6, 6.07) is 18.2. The van der Waals surface area contributed by atoms with Crippen LogP contribution in [-0.4, -0.2) is 30.3 Å². The Balaban J connectivity index is 1.99. The molecule has 0 aromatic heterocycles. The van der Waals surface area contributed by atoms with Crippen LogP contribution in [0, 0.1) is 23.2 Å². The van der Waals surface area contributed by atoms with Crippen LogP contribution in [0.5, 0.6) is 0 Å². The highest BCUT2D eigenvalue weighted by Gasteiger charge is 2.50. The summed E-state index contributed by atoms with van der Waals surface area (Å²) in [5, 5.41) is 13.3. The van der Waals surface area contributed by atoms with E-state index in [1.54, 1.807) is 6.92 Å². The van der Waals surface area contributed by atoms with Crippen molar-refractivity contribution in [2.45, 2.75) is 52.0 Å². The Bertz CT molecular complexity index is 1200. The van der Waals surface area contributed by atoms with Gasteiger partial charge in [0.25, 0.3) is 0 Å². The van der Waals surface area contributed by atoms with Crippen LogP contribution in [0.4, 0.5) is 0 Å². The van der Waals surface area contributed by atoms with Crippen molar-refractivity contribution in [3.63, 3.8) is 0 Å². The van der Waals surface area contributed by atoms with E-state index in [1.165, 1.54) is 0 Å². The first kappa shape index (κ1) is 24.5. The Morgan fingerprint density at radius 3 is 2.26 bits per heavy atom. The molecule has 2 atom stereocenters. The molecule has 0 N–H and O–H groups in total. The van der Waals surface area contributed by atoms with Gasteiger partial charge in [0.1, 0.15) is 0 Å². The van der Waals surface area contributed by atoms with Crippen LogP contribution in [0.3, 0.4) is 0 Å². The minimum absolute atomic E-state index is 0.0105. The predicted octanol–water partition coefficient (Wildman–Crippen LogP) is 3.91. The summed E-state index contributed by atoms with van der Waals surface area (Å²) >= 11 is 0. The smallest absolute Gasteiger partial charge is 0.337 e. The van der Waals surface area contributed by atoms with Crippen LogP contribution in [0.15, 0.2) is 76.8 Å². The van der Waals surface area contributed by atoms with Crippen LogP contribution in [0.2, 0.25) is 0 Å². The first-order valence-electron chi connectivity index (χ1n) is 12.3. The number of nitrogens with zero attached hydrogens (tertiary/aromatic N) is 1. The van der Waals surface area contributed by atoms with E-state index >= 15 is 0 Å². The number of carbonyl (C=O) groups is 2. The van der Waals surface area contributed by atoms with Gasteiger partial charge < -0.3 is 14.6 Å². The number of carbonyl (C=O) groups excluding carboxylic acids is 2. The van der Waals surface area contributed by atoms with Gasteiger partial charge in [0.15, 0.2) is 0 Å². The fraction of sp³-hybridized carbons (Fsp3) is 0.367. The lowest BCUT2D eigenvalue weighted by atomic mass is 9.64. The Morgan fingerprint density at radius 2 is 1.66 bits per heavy atom. The number of esters is 1. The van der Waals surface area contributed by atoms with Crippen molar-refractivity contribution in [3.8, 4) is 11.8 Å². The topological polar surface area (TPSA) is 78.8 Å². The van der Waals surface area contributed by atoms with E-state index in [0.717, 1.165) is 36.8 Å². The third kappa shape index (κ3) is 4.93. The Kier molecular flexibility index (Phi) is 7.51. The minimum atomic E-state index is -1.65. The second-order valence-electron chi connectivity index (χ2n) is 9.15. The van der Waals surface area contributed by atoms with E-state index in [0.29, 0.717) is 5.71 Å². The molecule has 5 heteroatoms. The maximum atomic E-state index is 13.3. The molecule has 2 aliphatic rings. The highest BCUT2D eigenvalue weighted by atomic mass is 16.5. The van der Waals surface area contributed by atoms with Crippen LogP contribution in [0.1, 0.15) is 50.7 Å². The largest absolute Gasteiger partial charge is 0.549 e. The van der Waals surface area contributed by atoms with Crippen molar-refractivity contribution in [1.29, 1.82) is 0 Å². The fourth-order valence-corrected chi connectivity index (χ4v) is 5.27. The second kappa shape index (κ2) is 10.7. The number of ether oxygens (including phenoxy) is 1. The summed E-state index contributed by atoms with van der Waals surface area (Å²) in [5.41, 5.74) is 0.932. The summed E-state index contributed by atoms with van der Waals surface area (Å²) < 4.78 is 5.37. The molecule has 2 aromatic carbocycles. The maximum absolute atomic E-state index is 13.3. The maximum Gasteiger partial charge on any atom is 0.337 e. The van der Waals surface area contributed by atoms with Gasteiger partial charge in [-0.1, -0.05) is 73.2 Å². The minimum Gasteiger partial charge on any atom is -0.549 e. The van der Waals surface area contributed by atoms with Gasteiger partial charge in [-0.3, -0.25) is 4.99 Å². The molecular weight excluding hydrogens is 438 g/mol. The van der Waals surface area contributed by atoms with Gasteiger partial charge in [-0.2, -0.15) is 0 Å². The number of rotatable bonds is 6. The van der Waals surface area contributed by atoms with Crippen molar-refractivity contribution in [2.75, 3.05) is 6.61 Å². The summed E-state index contributed by atoms with van der Waals surface area (Å²) in [7, 11) is 0. The van der Waals surface area contributed by atoms with E-state index in [9.17, 15) is 14.7 Å². The van der Waals surface area contributed by atoms with Crippen molar-refractivity contribution in [1.82, 2.24) is 0 Å².